The zero-order valence-corrected chi connectivity index (χ0v) is 13.9. The molecule has 0 saturated carbocycles. The van der Waals surface area contributed by atoms with Gasteiger partial charge in [0.1, 0.15) is 0 Å². The van der Waals surface area contributed by atoms with Gasteiger partial charge in [-0.3, -0.25) is 0 Å². The quantitative estimate of drug-likeness (QED) is 0.907. The van der Waals surface area contributed by atoms with Crippen molar-refractivity contribution >= 4 is 22.4 Å². The molecule has 1 aliphatic rings. The van der Waals surface area contributed by atoms with E-state index in [2.05, 4.69) is 26.1 Å². The maximum absolute atomic E-state index is 12.4. The minimum Gasteiger partial charge on any atom is -0.314 e. The van der Waals surface area contributed by atoms with Crippen molar-refractivity contribution in [3.05, 3.63) is 29.8 Å². The van der Waals surface area contributed by atoms with E-state index < -0.39 is 10.0 Å². The number of sulfonamides is 1. The first-order chi connectivity index (χ1) is 8.82. The predicted octanol–water partition coefficient (Wildman–Crippen LogP) is 2.00. The van der Waals surface area contributed by atoms with Crippen molar-refractivity contribution in [2.24, 2.45) is 0 Å². The van der Waals surface area contributed by atoms with E-state index in [1.54, 1.807) is 16.4 Å². The van der Waals surface area contributed by atoms with Gasteiger partial charge in [0.25, 0.3) is 0 Å². The summed E-state index contributed by atoms with van der Waals surface area (Å²) in [5, 5.41) is 3.16. The van der Waals surface area contributed by atoms with Gasteiger partial charge in [-0.1, -0.05) is 32.9 Å². The first-order valence-corrected chi connectivity index (χ1v) is 8.07. The topological polar surface area (TPSA) is 49.4 Å². The van der Waals surface area contributed by atoms with Gasteiger partial charge in [-0.15, -0.1) is 12.4 Å². The van der Waals surface area contributed by atoms with Gasteiger partial charge < -0.3 is 5.32 Å². The highest BCUT2D eigenvalue weighted by Gasteiger charge is 2.26. The Bertz CT molecular complexity index is 529. The Morgan fingerprint density at radius 1 is 1.05 bits per heavy atom. The molecule has 6 heteroatoms. The molecule has 1 aliphatic heterocycles. The van der Waals surface area contributed by atoms with Crippen LogP contribution >= 0.6 is 12.4 Å². The molecule has 1 heterocycles. The molecule has 0 bridgehead atoms. The molecule has 4 nitrogen and oxygen atoms in total. The molecule has 1 N–H and O–H groups in total. The number of halogens is 1. The Hall–Kier alpha value is -0.620. The number of hydrogen-bond acceptors (Lipinski definition) is 3. The predicted molar refractivity (Wildman–Crippen MR) is 84.0 cm³/mol. The summed E-state index contributed by atoms with van der Waals surface area (Å²) in [6.45, 7) is 8.89. The SMILES string of the molecule is CC(C)(C)c1ccc(S(=O)(=O)N2CCNCC2)cc1.Cl. The largest absolute Gasteiger partial charge is 0.314 e. The van der Waals surface area contributed by atoms with E-state index in [1.807, 2.05) is 12.1 Å². The van der Waals surface area contributed by atoms with Crippen LogP contribution in [0, 0.1) is 0 Å². The third-order valence-electron chi connectivity index (χ3n) is 3.43. The van der Waals surface area contributed by atoms with Gasteiger partial charge in [-0.2, -0.15) is 4.31 Å². The maximum Gasteiger partial charge on any atom is 0.243 e. The molecule has 0 radical (unpaired) electrons. The summed E-state index contributed by atoms with van der Waals surface area (Å²) in [4.78, 5) is 0.391. The second kappa shape index (κ2) is 6.43. The summed E-state index contributed by atoms with van der Waals surface area (Å²) in [6, 6.07) is 7.26. The summed E-state index contributed by atoms with van der Waals surface area (Å²) < 4.78 is 26.4. The van der Waals surface area contributed by atoms with Crippen molar-refractivity contribution in [3.8, 4) is 0 Å². The van der Waals surface area contributed by atoms with E-state index in [0.29, 0.717) is 18.0 Å². The lowest BCUT2D eigenvalue weighted by molar-refractivity contribution is 0.360. The van der Waals surface area contributed by atoms with Crippen LogP contribution in [0.15, 0.2) is 29.2 Å². The number of hydrogen-bond donors (Lipinski definition) is 1. The lowest BCUT2D eigenvalue weighted by Crippen LogP contribution is -2.46. The molecule has 2 rings (SSSR count). The highest BCUT2D eigenvalue weighted by atomic mass is 35.5. The van der Waals surface area contributed by atoms with E-state index >= 15 is 0 Å². The molecular formula is C14H23ClN2O2S. The molecule has 0 amide bonds. The fourth-order valence-electron chi connectivity index (χ4n) is 2.16. The highest BCUT2D eigenvalue weighted by Crippen LogP contribution is 2.24. The molecule has 1 aromatic carbocycles. The summed E-state index contributed by atoms with van der Waals surface area (Å²) in [7, 11) is -3.33. The van der Waals surface area contributed by atoms with Crippen LogP contribution in [0.1, 0.15) is 26.3 Å². The molecule has 114 valence electrons. The minimum atomic E-state index is -3.33. The average molecular weight is 319 g/mol. The Labute approximate surface area is 128 Å². The number of nitrogens with one attached hydrogen (secondary N) is 1. The molecule has 0 aliphatic carbocycles. The summed E-state index contributed by atoms with van der Waals surface area (Å²) in [6.07, 6.45) is 0. The van der Waals surface area contributed by atoms with E-state index in [9.17, 15) is 8.42 Å². The van der Waals surface area contributed by atoms with Crippen molar-refractivity contribution in [1.29, 1.82) is 0 Å². The lowest BCUT2D eigenvalue weighted by Gasteiger charge is -2.27. The van der Waals surface area contributed by atoms with Crippen LogP contribution in [0.4, 0.5) is 0 Å². The number of benzene rings is 1. The molecule has 0 unspecified atom stereocenters. The Kier molecular flexibility index (Phi) is 5.61. The van der Waals surface area contributed by atoms with Crippen molar-refractivity contribution in [3.63, 3.8) is 0 Å². The highest BCUT2D eigenvalue weighted by molar-refractivity contribution is 7.89. The molecule has 0 aromatic heterocycles. The van der Waals surface area contributed by atoms with Gasteiger partial charge in [0, 0.05) is 26.2 Å². The molecular weight excluding hydrogens is 296 g/mol. The lowest BCUT2D eigenvalue weighted by atomic mass is 9.87. The van der Waals surface area contributed by atoms with Crippen LogP contribution in [-0.2, 0) is 15.4 Å². The number of nitrogens with zero attached hydrogens (tertiary/aromatic N) is 1. The van der Waals surface area contributed by atoms with Crippen molar-refractivity contribution in [1.82, 2.24) is 9.62 Å². The van der Waals surface area contributed by atoms with Crippen molar-refractivity contribution in [2.75, 3.05) is 26.2 Å². The second-order valence-corrected chi connectivity index (χ2v) is 7.87. The van der Waals surface area contributed by atoms with E-state index in [0.717, 1.165) is 18.7 Å². The summed E-state index contributed by atoms with van der Waals surface area (Å²) >= 11 is 0. The van der Waals surface area contributed by atoms with Crippen molar-refractivity contribution < 1.29 is 8.42 Å². The molecule has 1 fully saturated rings. The molecule has 20 heavy (non-hydrogen) atoms. The zero-order valence-electron chi connectivity index (χ0n) is 12.2. The van der Waals surface area contributed by atoms with Crippen LogP contribution < -0.4 is 5.32 Å². The second-order valence-electron chi connectivity index (χ2n) is 5.93. The molecule has 1 aromatic rings. The molecule has 0 spiro atoms. The zero-order chi connectivity index (χ0) is 14.1. The minimum absolute atomic E-state index is 0. The average Bonchev–Trinajstić information content (AvgIpc) is 2.39. The van der Waals surface area contributed by atoms with Crippen LogP contribution in [0.25, 0.3) is 0 Å². The third kappa shape index (κ3) is 3.73. The van der Waals surface area contributed by atoms with E-state index in [4.69, 9.17) is 0 Å². The third-order valence-corrected chi connectivity index (χ3v) is 5.35. The maximum atomic E-state index is 12.4. The van der Waals surface area contributed by atoms with Gasteiger partial charge in [0.15, 0.2) is 0 Å². The number of piperazine rings is 1. The van der Waals surface area contributed by atoms with E-state index in [-0.39, 0.29) is 17.8 Å². The monoisotopic (exact) mass is 318 g/mol. The Morgan fingerprint density at radius 2 is 1.55 bits per heavy atom. The Morgan fingerprint density at radius 3 is 2.00 bits per heavy atom. The van der Waals surface area contributed by atoms with Crippen molar-refractivity contribution in [2.45, 2.75) is 31.1 Å². The summed E-state index contributed by atoms with van der Waals surface area (Å²) in [5.41, 5.74) is 1.18. The van der Waals surface area contributed by atoms with Crippen LogP contribution in [0.2, 0.25) is 0 Å². The van der Waals surface area contributed by atoms with Crippen LogP contribution in [0.5, 0.6) is 0 Å². The fourth-order valence-corrected chi connectivity index (χ4v) is 3.60. The molecule has 0 atom stereocenters. The molecule has 1 saturated heterocycles. The van der Waals surface area contributed by atoms with Gasteiger partial charge in [-0.25, -0.2) is 8.42 Å². The van der Waals surface area contributed by atoms with E-state index in [1.165, 1.54) is 0 Å². The fraction of sp³-hybridized carbons (Fsp3) is 0.571. The van der Waals surface area contributed by atoms with Gasteiger partial charge >= 0.3 is 0 Å². The number of rotatable bonds is 2. The standard InChI is InChI=1S/C14H22N2O2S.ClH/c1-14(2,3)12-4-6-13(7-5-12)19(17,18)16-10-8-15-9-11-16;/h4-7,15H,8-11H2,1-3H3;1H. The Balaban J connectivity index is 0.00000200. The normalized spacial score (nSPS) is 17.6. The van der Waals surface area contributed by atoms with Gasteiger partial charge in [0.2, 0.25) is 10.0 Å². The smallest absolute Gasteiger partial charge is 0.243 e. The van der Waals surface area contributed by atoms with Gasteiger partial charge in [0.05, 0.1) is 4.90 Å². The first kappa shape index (κ1) is 17.4. The van der Waals surface area contributed by atoms with Crippen LogP contribution in [-0.4, -0.2) is 38.9 Å². The van der Waals surface area contributed by atoms with Crippen LogP contribution in [0.3, 0.4) is 0 Å². The summed E-state index contributed by atoms with van der Waals surface area (Å²) in [5.74, 6) is 0. The first-order valence-electron chi connectivity index (χ1n) is 6.63. The van der Waals surface area contributed by atoms with Gasteiger partial charge in [-0.05, 0) is 23.1 Å².